The summed E-state index contributed by atoms with van der Waals surface area (Å²) in [6.45, 7) is 0.635. The third-order valence-electron chi connectivity index (χ3n) is 4.69. The van der Waals surface area contributed by atoms with Gasteiger partial charge in [-0.05, 0) is 40.4 Å². The number of nitrogens with zero attached hydrogens (tertiary/aromatic N) is 4. The third-order valence-corrected chi connectivity index (χ3v) is 5.25. The van der Waals surface area contributed by atoms with Crippen LogP contribution in [-0.2, 0) is 6.54 Å². The Kier molecular flexibility index (Phi) is 5.03. The van der Waals surface area contributed by atoms with Gasteiger partial charge in [0.15, 0.2) is 5.65 Å². The summed E-state index contributed by atoms with van der Waals surface area (Å²) in [6, 6.07) is 5.91. The highest BCUT2D eigenvalue weighted by molar-refractivity contribution is 9.10. The number of pyridine rings is 1. The largest absolute Gasteiger partial charge is 0.391 e. The number of anilines is 2. The Morgan fingerprint density at radius 1 is 1.27 bits per heavy atom. The van der Waals surface area contributed by atoms with Gasteiger partial charge in [-0.1, -0.05) is 18.9 Å². The normalized spacial score (nSPS) is 20.2. The minimum absolute atomic E-state index is 0.0339. The van der Waals surface area contributed by atoms with Crippen molar-refractivity contribution in [2.75, 3.05) is 10.6 Å². The zero-order chi connectivity index (χ0) is 17.9. The molecule has 8 heteroatoms. The van der Waals surface area contributed by atoms with E-state index in [4.69, 9.17) is 0 Å². The smallest absolute Gasteiger partial charge is 0.173 e. The molecule has 2 atom stereocenters. The van der Waals surface area contributed by atoms with Crippen LogP contribution in [0.3, 0.4) is 0 Å². The summed E-state index contributed by atoms with van der Waals surface area (Å²) in [5, 5.41) is 21.4. The molecular weight excluding hydrogens is 396 g/mol. The molecule has 1 fully saturated rings. The minimum atomic E-state index is -0.332. The molecular formula is C18H21BrN6O. The zero-order valence-electron chi connectivity index (χ0n) is 14.3. The lowest BCUT2D eigenvalue weighted by molar-refractivity contribution is 0.116. The van der Waals surface area contributed by atoms with Crippen molar-refractivity contribution in [1.29, 1.82) is 0 Å². The van der Waals surface area contributed by atoms with Gasteiger partial charge in [0.25, 0.3) is 0 Å². The monoisotopic (exact) mass is 416 g/mol. The highest BCUT2D eigenvalue weighted by Crippen LogP contribution is 2.26. The van der Waals surface area contributed by atoms with Crippen LogP contribution in [0.1, 0.15) is 31.2 Å². The number of fused-ring (bicyclic) bond motifs is 1. The fourth-order valence-electron chi connectivity index (χ4n) is 3.30. The Morgan fingerprint density at radius 3 is 2.96 bits per heavy atom. The fraction of sp³-hybridized carbons (Fsp3) is 0.389. The molecule has 3 aromatic rings. The van der Waals surface area contributed by atoms with Gasteiger partial charge in [0, 0.05) is 25.0 Å². The molecule has 1 aliphatic rings. The second-order valence-corrected chi connectivity index (χ2v) is 7.43. The number of aromatic nitrogens is 4. The number of nitrogens with one attached hydrogen (secondary N) is 2. The topological polar surface area (TPSA) is 87.4 Å². The maximum Gasteiger partial charge on any atom is 0.173 e. The van der Waals surface area contributed by atoms with Crippen LogP contribution in [0.2, 0.25) is 0 Å². The van der Waals surface area contributed by atoms with E-state index in [9.17, 15) is 5.11 Å². The average Bonchev–Trinajstić information content (AvgIpc) is 3.04. The Bertz CT molecular complexity index is 884. The molecule has 3 aromatic heterocycles. The SMILES string of the molecule is OC1CCCCC1Nc1cc(NCc2cccnc2)n2ncc(Br)c2n1. The maximum absolute atomic E-state index is 10.2. The van der Waals surface area contributed by atoms with Crippen LogP contribution in [0.4, 0.5) is 11.6 Å². The lowest BCUT2D eigenvalue weighted by Crippen LogP contribution is -2.36. The van der Waals surface area contributed by atoms with E-state index in [0.717, 1.165) is 53.0 Å². The second kappa shape index (κ2) is 7.59. The van der Waals surface area contributed by atoms with Crippen LogP contribution in [0, 0.1) is 0 Å². The van der Waals surface area contributed by atoms with Crippen molar-refractivity contribution in [2.24, 2.45) is 0 Å². The molecule has 0 radical (unpaired) electrons. The third kappa shape index (κ3) is 3.66. The van der Waals surface area contributed by atoms with Gasteiger partial charge >= 0.3 is 0 Å². The van der Waals surface area contributed by atoms with E-state index >= 15 is 0 Å². The van der Waals surface area contributed by atoms with Gasteiger partial charge in [-0.3, -0.25) is 4.98 Å². The number of halogens is 1. The average molecular weight is 417 g/mol. The zero-order valence-corrected chi connectivity index (χ0v) is 15.9. The summed E-state index contributed by atoms with van der Waals surface area (Å²) < 4.78 is 2.60. The maximum atomic E-state index is 10.2. The summed E-state index contributed by atoms with van der Waals surface area (Å²) in [5.41, 5.74) is 1.81. The number of aliphatic hydroxyl groups is 1. The van der Waals surface area contributed by atoms with E-state index in [0.29, 0.717) is 6.54 Å². The predicted molar refractivity (Wildman–Crippen MR) is 104 cm³/mol. The fourth-order valence-corrected chi connectivity index (χ4v) is 3.65. The van der Waals surface area contributed by atoms with Crippen molar-refractivity contribution >= 4 is 33.2 Å². The van der Waals surface area contributed by atoms with Crippen molar-refractivity contribution in [3.63, 3.8) is 0 Å². The van der Waals surface area contributed by atoms with Gasteiger partial charge in [0.2, 0.25) is 0 Å². The van der Waals surface area contributed by atoms with E-state index in [1.165, 1.54) is 0 Å². The van der Waals surface area contributed by atoms with Gasteiger partial charge in [-0.2, -0.15) is 9.61 Å². The number of aliphatic hydroxyl groups excluding tert-OH is 1. The first kappa shape index (κ1) is 17.2. The molecule has 3 N–H and O–H groups in total. The second-order valence-electron chi connectivity index (χ2n) is 6.57. The van der Waals surface area contributed by atoms with Gasteiger partial charge in [-0.25, -0.2) is 4.98 Å². The number of rotatable bonds is 5. The molecule has 0 saturated heterocycles. The Labute approximate surface area is 160 Å². The molecule has 0 spiro atoms. The highest BCUT2D eigenvalue weighted by Gasteiger charge is 2.23. The lowest BCUT2D eigenvalue weighted by Gasteiger charge is -2.29. The Balaban J connectivity index is 1.60. The van der Waals surface area contributed by atoms with Crippen LogP contribution in [-0.4, -0.2) is 36.8 Å². The van der Waals surface area contributed by atoms with Crippen molar-refractivity contribution in [1.82, 2.24) is 19.6 Å². The quantitative estimate of drug-likeness (QED) is 0.591. The molecule has 3 heterocycles. The van der Waals surface area contributed by atoms with Crippen molar-refractivity contribution in [3.05, 3.63) is 46.8 Å². The molecule has 0 amide bonds. The summed E-state index contributed by atoms with van der Waals surface area (Å²) in [4.78, 5) is 8.80. The van der Waals surface area contributed by atoms with Gasteiger partial charge in [0.1, 0.15) is 11.6 Å². The van der Waals surface area contributed by atoms with E-state index in [1.54, 1.807) is 16.9 Å². The summed E-state index contributed by atoms with van der Waals surface area (Å²) >= 11 is 3.51. The standard InChI is InChI=1S/C18H21BrN6O/c19-13-11-22-25-17(21-10-12-4-3-7-20-9-12)8-16(24-18(13)25)23-14-5-1-2-6-15(14)26/h3-4,7-9,11,14-15,21,26H,1-2,5-6,10H2,(H,23,24). The lowest BCUT2D eigenvalue weighted by atomic mass is 9.92. The molecule has 4 rings (SSSR count). The molecule has 0 bridgehead atoms. The summed E-state index contributed by atoms with van der Waals surface area (Å²) in [6.07, 6.45) is 8.99. The van der Waals surface area contributed by atoms with E-state index in [2.05, 4.69) is 41.6 Å². The van der Waals surface area contributed by atoms with Gasteiger partial charge in [-0.15, -0.1) is 0 Å². The summed E-state index contributed by atoms with van der Waals surface area (Å²) in [7, 11) is 0. The number of hydrogen-bond acceptors (Lipinski definition) is 6. The van der Waals surface area contributed by atoms with E-state index < -0.39 is 0 Å². The summed E-state index contributed by atoms with van der Waals surface area (Å²) in [5.74, 6) is 1.57. The van der Waals surface area contributed by atoms with Crippen molar-refractivity contribution in [2.45, 2.75) is 44.4 Å². The van der Waals surface area contributed by atoms with Crippen LogP contribution < -0.4 is 10.6 Å². The molecule has 2 unspecified atom stereocenters. The van der Waals surface area contributed by atoms with Crippen LogP contribution >= 0.6 is 15.9 Å². The Morgan fingerprint density at radius 2 is 2.15 bits per heavy atom. The van der Waals surface area contributed by atoms with Gasteiger partial charge in [0.05, 0.1) is 22.8 Å². The minimum Gasteiger partial charge on any atom is -0.391 e. The number of hydrogen-bond donors (Lipinski definition) is 3. The van der Waals surface area contributed by atoms with E-state index in [1.807, 2.05) is 24.4 Å². The first-order valence-corrected chi connectivity index (χ1v) is 9.61. The highest BCUT2D eigenvalue weighted by atomic mass is 79.9. The Hall–Kier alpha value is -2.19. The molecule has 1 saturated carbocycles. The molecule has 0 aromatic carbocycles. The van der Waals surface area contributed by atoms with Crippen molar-refractivity contribution < 1.29 is 5.11 Å². The first-order valence-electron chi connectivity index (χ1n) is 8.82. The first-order chi connectivity index (χ1) is 12.7. The van der Waals surface area contributed by atoms with Gasteiger partial charge < -0.3 is 15.7 Å². The molecule has 26 heavy (non-hydrogen) atoms. The van der Waals surface area contributed by atoms with Crippen LogP contribution in [0.25, 0.3) is 5.65 Å². The molecule has 1 aliphatic carbocycles. The van der Waals surface area contributed by atoms with Crippen molar-refractivity contribution in [3.8, 4) is 0 Å². The van der Waals surface area contributed by atoms with Crippen LogP contribution in [0.15, 0.2) is 41.3 Å². The molecule has 0 aliphatic heterocycles. The van der Waals surface area contributed by atoms with E-state index in [-0.39, 0.29) is 12.1 Å². The molecule has 136 valence electrons. The predicted octanol–water partition coefficient (Wildman–Crippen LogP) is 3.21. The molecule has 7 nitrogen and oxygen atoms in total. The van der Waals surface area contributed by atoms with Crippen LogP contribution in [0.5, 0.6) is 0 Å².